The first-order chi connectivity index (χ1) is 7.16. The second-order valence-electron chi connectivity index (χ2n) is 4.03. The van der Waals surface area contributed by atoms with Crippen molar-refractivity contribution in [3.8, 4) is 0 Å². The average Bonchev–Trinajstić information content (AvgIpc) is 2.19. The summed E-state index contributed by atoms with van der Waals surface area (Å²) in [4.78, 5) is 2.18. The van der Waals surface area contributed by atoms with E-state index in [1.165, 1.54) is 6.42 Å². The van der Waals surface area contributed by atoms with Crippen LogP contribution in [0.25, 0.3) is 0 Å². The summed E-state index contributed by atoms with van der Waals surface area (Å²) >= 11 is 0. The lowest BCUT2D eigenvalue weighted by atomic mass is 10.3. The van der Waals surface area contributed by atoms with Gasteiger partial charge in [-0.2, -0.15) is 0 Å². The standard InChI is InChI=1S/C11H26N2O2/c1-4-15-10-11(14)9-12-7-5-6-8-13(2)3/h11-12,14H,4-10H2,1-3H3. The Kier molecular flexibility index (Phi) is 10.3. The molecule has 0 saturated heterocycles. The van der Waals surface area contributed by atoms with Crippen LogP contribution in [0.15, 0.2) is 0 Å². The van der Waals surface area contributed by atoms with Gasteiger partial charge in [0.25, 0.3) is 0 Å². The monoisotopic (exact) mass is 218 g/mol. The minimum absolute atomic E-state index is 0.376. The molecule has 0 spiro atoms. The number of rotatable bonds is 10. The zero-order valence-electron chi connectivity index (χ0n) is 10.3. The normalized spacial score (nSPS) is 13.4. The Bertz CT molecular complexity index is 132. The third-order valence-electron chi connectivity index (χ3n) is 2.10. The molecule has 0 aliphatic heterocycles. The van der Waals surface area contributed by atoms with E-state index in [2.05, 4.69) is 24.3 Å². The van der Waals surface area contributed by atoms with Gasteiger partial charge in [0.2, 0.25) is 0 Å². The molecular formula is C11H26N2O2. The largest absolute Gasteiger partial charge is 0.389 e. The van der Waals surface area contributed by atoms with Gasteiger partial charge in [0.05, 0.1) is 12.7 Å². The van der Waals surface area contributed by atoms with Crippen molar-refractivity contribution in [3.05, 3.63) is 0 Å². The molecular weight excluding hydrogens is 192 g/mol. The van der Waals surface area contributed by atoms with Gasteiger partial charge in [0.15, 0.2) is 0 Å². The van der Waals surface area contributed by atoms with Gasteiger partial charge in [-0.05, 0) is 47.0 Å². The molecule has 1 unspecified atom stereocenters. The van der Waals surface area contributed by atoms with E-state index < -0.39 is 0 Å². The van der Waals surface area contributed by atoms with Gasteiger partial charge in [0.1, 0.15) is 0 Å². The van der Waals surface area contributed by atoms with Gasteiger partial charge in [0, 0.05) is 13.2 Å². The van der Waals surface area contributed by atoms with Crippen LogP contribution in [0.1, 0.15) is 19.8 Å². The molecule has 0 rings (SSSR count). The summed E-state index contributed by atoms with van der Waals surface area (Å²) in [6, 6.07) is 0. The van der Waals surface area contributed by atoms with Crippen LogP contribution in [-0.2, 0) is 4.74 Å². The molecule has 15 heavy (non-hydrogen) atoms. The molecule has 0 fully saturated rings. The van der Waals surface area contributed by atoms with Crippen molar-refractivity contribution >= 4 is 0 Å². The number of hydrogen-bond donors (Lipinski definition) is 2. The molecule has 0 aromatic rings. The summed E-state index contributed by atoms with van der Waals surface area (Å²) in [6.45, 7) is 5.75. The fourth-order valence-electron chi connectivity index (χ4n) is 1.26. The van der Waals surface area contributed by atoms with Gasteiger partial charge in [-0.25, -0.2) is 0 Å². The Morgan fingerprint density at radius 3 is 2.67 bits per heavy atom. The van der Waals surface area contributed by atoms with Crippen LogP contribution in [0.5, 0.6) is 0 Å². The number of unbranched alkanes of at least 4 members (excludes halogenated alkanes) is 1. The fraction of sp³-hybridized carbons (Fsp3) is 1.00. The second kappa shape index (κ2) is 10.4. The van der Waals surface area contributed by atoms with Crippen molar-refractivity contribution in [2.24, 2.45) is 0 Å². The summed E-state index contributed by atoms with van der Waals surface area (Å²) in [7, 11) is 4.17. The lowest BCUT2D eigenvalue weighted by molar-refractivity contribution is 0.0429. The van der Waals surface area contributed by atoms with Gasteiger partial charge >= 0.3 is 0 Å². The first-order valence-electron chi connectivity index (χ1n) is 5.78. The maximum atomic E-state index is 9.43. The number of nitrogens with zero attached hydrogens (tertiary/aromatic N) is 1. The molecule has 92 valence electrons. The number of hydrogen-bond acceptors (Lipinski definition) is 4. The zero-order valence-corrected chi connectivity index (χ0v) is 10.3. The SMILES string of the molecule is CCOCC(O)CNCCCCN(C)C. The molecule has 0 aliphatic rings. The topological polar surface area (TPSA) is 44.7 Å². The summed E-state index contributed by atoms with van der Waals surface area (Å²) < 4.78 is 5.11. The van der Waals surface area contributed by atoms with Crippen LogP contribution < -0.4 is 5.32 Å². The zero-order chi connectivity index (χ0) is 11.5. The fourth-order valence-corrected chi connectivity index (χ4v) is 1.26. The van der Waals surface area contributed by atoms with Crippen LogP contribution in [-0.4, -0.2) is 63.1 Å². The Morgan fingerprint density at radius 1 is 1.33 bits per heavy atom. The highest BCUT2D eigenvalue weighted by Crippen LogP contribution is 1.89. The molecule has 1 atom stereocenters. The Morgan fingerprint density at radius 2 is 2.07 bits per heavy atom. The molecule has 2 N–H and O–H groups in total. The molecule has 0 aromatic heterocycles. The lowest BCUT2D eigenvalue weighted by Gasteiger charge is -2.12. The number of aliphatic hydroxyl groups excluding tert-OH is 1. The molecule has 0 saturated carbocycles. The average molecular weight is 218 g/mol. The molecule has 4 heteroatoms. The van der Waals surface area contributed by atoms with E-state index in [1.807, 2.05) is 6.92 Å². The molecule has 0 aromatic carbocycles. The van der Waals surface area contributed by atoms with Crippen LogP contribution in [0.4, 0.5) is 0 Å². The van der Waals surface area contributed by atoms with Crippen molar-refractivity contribution in [3.63, 3.8) is 0 Å². The predicted molar refractivity (Wildman–Crippen MR) is 63.2 cm³/mol. The first-order valence-corrected chi connectivity index (χ1v) is 5.78. The Hall–Kier alpha value is -0.160. The van der Waals surface area contributed by atoms with Crippen LogP contribution >= 0.6 is 0 Å². The third-order valence-corrected chi connectivity index (χ3v) is 2.10. The van der Waals surface area contributed by atoms with Crippen molar-refractivity contribution < 1.29 is 9.84 Å². The van der Waals surface area contributed by atoms with Gasteiger partial charge < -0.3 is 20.1 Å². The van der Waals surface area contributed by atoms with Crippen LogP contribution in [0.3, 0.4) is 0 Å². The van der Waals surface area contributed by atoms with Crippen molar-refractivity contribution in [1.82, 2.24) is 10.2 Å². The maximum absolute atomic E-state index is 9.43. The van der Waals surface area contributed by atoms with Crippen molar-refractivity contribution in [1.29, 1.82) is 0 Å². The van der Waals surface area contributed by atoms with E-state index in [1.54, 1.807) is 0 Å². The number of aliphatic hydroxyl groups is 1. The first kappa shape index (κ1) is 14.8. The molecule has 0 radical (unpaired) electrons. The highest BCUT2D eigenvalue weighted by molar-refractivity contribution is 4.58. The smallest absolute Gasteiger partial charge is 0.0897 e. The Labute approximate surface area is 93.6 Å². The van der Waals surface area contributed by atoms with E-state index in [0.717, 1.165) is 19.5 Å². The van der Waals surface area contributed by atoms with Crippen LogP contribution in [0, 0.1) is 0 Å². The minimum atomic E-state index is -0.376. The highest BCUT2D eigenvalue weighted by atomic mass is 16.5. The van der Waals surface area contributed by atoms with Crippen molar-refractivity contribution in [2.75, 3.05) is 46.9 Å². The summed E-state index contributed by atoms with van der Waals surface area (Å²) in [6.07, 6.45) is 1.97. The van der Waals surface area contributed by atoms with E-state index in [4.69, 9.17) is 4.74 Å². The summed E-state index contributed by atoms with van der Waals surface area (Å²) in [5.41, 5.74) is 0. The highest BCUT2D eigenvalue weighted by Gasteiger charge is 2.02. The van der Waals surface area contributed by atoms with E-state index in [0.29, 0.717) is 19.8 Å². The molecule has 0 heterocycles. The van der Waals surface area contributed by atoms with Gasteiger partial charge in [-0.3, -0.25) is 0 Å². The van der Waals surface area contributed by atoms with Gasteiger partial charge in [-0.1, -0.05) is 0 Å². The third kappa shape index (κ3) is 11.8. The predicted octanol–water partition coefficient (Wildman–Crippen LogP) is 0.315. The Balaban J connectivity index is 3.09. The van der Waals surface area contributed by atoms with Gasteiger partial charge in [-0.15, -0.1) is 0 Å². The molecule has 0 bridgehead atoms. The second-order valence-corrected chi connectivity index (χ2v) is 4.03. The van der Waals surface area contributed by atoms with E-state index >= 15 is 0 Å². The van der Waals surface area contributed by atoms with Crippen molar-refractivity contribution in [2.45, 2.75) is 25.9 Å². The molecule has 4 nitrogen and oxygen atoms in total. The van der Waals surface area contributed by atoms with E-state index in [-0.39, 0.29) is 6.10 Å². The summed E-state index contributed by atoms with van der Waals surface area (Å²) in [5.74, 6) is 0. The number of nitrogens with one attached hydrogen (secondary N) is 1. The minimum Gasteiger partial charge on any atom is -0.389 e. The molecule has 0 aliphatic carbocycles. The molecule has 0 amide bonds. The quantitative estimate of drug-likeness (QED) is 0.518. The summed E-state index contributed by atoms with van der Waals surface area (Å²) in [5, 5.41) is 12.6. The lowest BCUT2D eigenvalue weighted by Crippen LogP contribution is -2.31. The number of ether oxygens (including phenoxy) is 1. The van der Waals surface area contributed by atoms with E-state index in [9.17, 15) is 5.11 Å². The van der Waals surface area contributed by atoms with Crippen LogP contribution in [0.2, 0.25) is 0 Å². The maximum Gasteiger partial charge on any atom is 0.0897 e.